The number of aromatic hydroxyl groups is 2. The topological polar surface area (TPSA) is 87.2 Å². The molecule has 1 amide bonds. The minimum absolute atomic E-state index is 0.0544. The smallest absolute Gasteiger partial charge is 0.295 e. The van der Waals surface area contributed by atoms with Crippen LogP contribution in [0.5, 0.6) is 11.8 Å². The minimum Gasteiger partial charge on any atom is -0.494 e. The summed E-state index contributed by atoms with van der Waals surface area (Å²) >= 11 is 0. The Balaban J connectivity index is 1.66. The van der Waals surface area contributed by atoms with Gasteiger partial charge in [-0.05, 0) is 35.9 Å². The van der Waals surface area contributed by atoms with E-state index in [1.54, 1.807) is 36.4 Å². The van der Waals surface area contributed by atoms with E-state index < -0.39 is 5.91 Å². The number of hydrogen-bond donors (Lipinski definition) is 2. The Morgan fingerprint density at radius 1 is 0.821 bits per heavy atom. The first-order chi connectivity index (χ1) is 13.6. The van der Waals surface area contributed by atoms with Crippen LogP contribution in [0.25, 0.3) is 10.8 Å². The third-order valence-corrected chi connectivity index (χ3v) is 4.46. The molecule has 0 aliphatic rings. The van der Waals surface area contributed by atoms with E-state index in [2.05, 4.69) is 10.2 Å². The summed E-state index contributed by atoms with van der Waals surface area (Å²) < 4.78 is 1.40. The summed E-state index contributed by atoms with van der Waals surface area (Å²) in [5, 5.41) is 29.6. The summed E-state index contributed by atoms with van der Waals surface area (Å²) in [6.45, 7) is 0.310. The largest absolute Gasteiger partial charge is 0.494 e. The summed E-state index contributed by atoms with van der Waals surface area (Å²) in [4.78, 5) is 12.3. The number of amides is 1. The maximum Gasteiger partial charge on any atom is 0.295 e. The van der Waals surface area contributed by atoms with Crippen LogP contribution in [0.2, 0.25) is 0 Å². The highest BCUT2D eigenvalue weighted by Crippen LogP contribution is 2.37. The molecule has 4 rings (SSSR count). The van der Waals surface area contributed by atoms with E-state index >= 15 is 0 Å². The van der Waals surface area contributed by atoms with Gasteiger partial charge < -0.3 is 10.2 Å². The second kappa shape index (κ2) is 7.36. The fraction of sp³-hybridized carbons (Fsp3) is 0.0455. The van der Waals surface area contributed by atoms with Gasteiger partial charge in [0.2, 0.25) is 11.8 Å². The molecule has 0 atom stereocenters. The molecule has 0 bridgehead atoms. The quantitative estimate of drug-likeness (QED) is 0.494. The van der Waals surface area contributed by atoms with Crippen molar-refractivity contribution in [3.05, 3.63) is 90.0 Å². The highest BCUT2D eigenvalue weighted by atomic mass is 16.3. The van der Waals surface area contributed by atoms with E-state index in [1.165, 1.54) is 10.6 Å². The van der Waals surface area contributed by atoms with Gasteiger partial charge in [-0.3, -0.25) is 9.36 Å². The van der Waals surface area contributed by atoms with Gasteiger partial charge in [-0.2, -0.15) is 0 Å². The Morgan fingerprint density at radius 3 is 2.18 bits per heavy atom. The van der Waals surface area contributed by atoms with E-state index in [4.69, 9.17) is 0 Å². The monoisotopic (exact) mass is 371 g/mol. The molecule has 0 aliphatic heterocycles. The molecule has 0 unspecified atom stereocenters. The maximum absolute atomic E-state index is 12.3. The molecule has 3 aromatic carbocycles. The molecule has 2 N–H and O–H groups in total. The van der Waals surface area contributed by atoms with Gasteiger partial charge in [0.25, 0.3) is 5.91 Å². The summed E-state index contributed by atoms with van der Waals surface area (Å²) in [6, 6.07) is 23.1. The van der Waals surface area contributed by atoms with E-state index in [0.29, 0.717) is 23.0 Å². The minimum atomic E-state index is -0.527. The van der Waals surface area contributed by atoms with Gasteiger partial charge in [-0.15, -0.1) is 10.2 Å². The third-order valence-electron chi connectivity index (χ3n) is 4.46. The first-order valence-corrected chi connectivity index (χ1v) is 8.72. The highest BCUT2D eigenvalue weighted by Gasteiger charge is 2.18. The van der Waals surface area contributed by atoms with Crippen molar-refractivity contribution in [3.63, 3.8) is 0 Å². The van der Waals surface area contributed by atoms with E-state index in [9.17, 15) is 15.0 Å². The second-order valence-electron chi connectivity index (χ2n) is 6.32. The molecule has 1 heterocycles. The van der Waals surface area contributed by atoms with E-state index in [-0.39, 0.29) is 17.3 Å². The molecule has 6 heteroatoms. The van der Waals surface area contributed by atoms with Gasteiger partial charge >= 0.3 is 0 Å². The summed E-state index contributed by atoms with van der Waals surface area (Å²) in [7, 11) is 0. The molecule has 0 radical (unpaired) electrons. The van der Waals surface area contributed by atoms with E-state index in [0.717, 1.165) is 5.56 Å². The van der Waals surface area contributed by atoms with Gasteiger partial charge in [-0.25, -0.2) is 0 Å². The zero-order chi connectivity index (χ0) is 19.5. The predicted molar refractivity (Wildman–Crippen MR) is 106 cm³/mol. The number of carbonyl (C=O) groups is 1. The van der Waals surface area contributed by atoms with Crippen LogP contribution in [0.3, 0.4) is 0 Å². The average molecular weight is 371 g/mol. The van der Waals surface area contributed by atoms with Crippen LogP contribution in [0.15, 0.2) is 89.1 Å². The normalized spacial score (nSPS) is 11.3. The van der Waals surface area contributed by atoms with Crippen molar-refractivity contribution in [2.24, 2.45) is 10.2 Å². The molecule has 4 aromatic rings. The molecule has 0 spiro atoms. The van der Waals surface area contributed by atoms with Crippen LogP contribution in [0.1, 0.15) is 15.9 Å². The van der Waals surface area contributed by atoms with E-state index in [1.807, 2.05) is 36.4 Å². The van der Waals surface area contributed by atoms with Crippen LogP contribution in [0.4, 0.5) is 5.69 Å². The zero-order valence-corrected chi connectivity index (χ0v) is 14.9. The van der Waals surface area contributed by atoms with Crippen molar-refractivity contribution in [1.82, 2.24) is 4.57 Å². The number of rotatable bonds is 4. The Hall–Kier alpha value is -3.93. The van der Waals surface area contributed by atoms with Crippen molar-refractivity contribution >= 4 is 22.4 Å². The average Bonchev–Trinajstić information content (AvgIpc) is 2.98. The number of azo groups is 1. The molecule has 0 saturated heterocycles. The molecular weight excluding hydrogens is 354 g/mol. The van der Waals surface area contributed by atoms with Crippen molar-refractivity contribution in [2.45, 2.75) is 6.54 Å². The fourth-order valence-electron chi connectivity index (χ4n) is 3.02. The van der Waals surface area contributed by atoms with Gasteiger partial charge in [0.15, 0.2) is 0 Å². The molecule has 0 fully saturated rings. The van der Waals surface area contributed by atoms with Gasteiger partial charge in [0.1, 0.15) is 0 Å². The van der Waals surface area contributed by atoms with Crippen molar-refractivity contribution in [2.75, 3.05) is 0 Å². The third kappa shape index (κ3) is 3.35. The van der Waals surface area contributed by atoms with Crippen molar-refractivity contribution in [1.29, 1.82) is 0 Å². The number of nitrogens with zero attached hydrogens (tertiary/aromatic N) is 3. The van der Waals surface area contributed by atoms with Crippen LogP contribution >= 0.6 is 0 Å². The Kier molecular flexibility index (Phi) is 4.60. The number of carbonyl (C=O) groups excluding carboxylic acids is 1. The lowest BCUT2D eigenvalue weighted by molar-refractivity contribution is 0.0995. The van der Waals surface area contributed by atoms with Crippen LogP contribution in [-0.2, 0) is 6.54 Å². The molecule has 1 aromatic heterocycles. The Morgan fingerprint density at radius 2 is 1.46 bits per heavy atom. The lowest BCUT2D eigenvalue weighted by atomic mass is 10.1. The zero-order valence-electron chi connectivity index (χ0n) is 14.9. The number of aromatic nitrogens is 1. The van der Waals surface area contributed by atoms with Gasteiger partial charge in [0.05, 0.1) is 12.2 Å². The number of fused-ring (bicyclic) bond motifs is 1. The Labute approximate surface area is 161 Å². The lowest BCUT2D eigenvalue weighted by Gasteiger charge is -2.06. The van der Waals surface area contributed by atoms with Crippen LogP contribution < -0.4 is 0 Å². The molecule has 6 nitrogen and oxygen atoms in total. The summed E-state index contributed by atoms with van der Waals surface area (Å²) in [5.74, 6) is -0.687. The molecule has 28 heavy (non-hydrogen) atoms. The number of hydrogen-bond acceptors (Lipinski definition) is 4. The standard InChI is InChI=1S/C22H17N3O3/c26-20(24-23-17-9-5-2-6-10-17)16-11-12-18-19(13-16)22(28)25(21(18)27)14-15-7-3-1-4-8-15/h1-13,27-28H,14H2. The molecule has 0 aliphatic carbocycles. The second-order valence-corrected chi connectivity index (χ2v) is 6.32. The highest BCUT2D eigenvalue weighted by molar-refractivity contribution is 6.02. The first-order valence-electron chi connectivity index (χ1n) is 8.72. The maximum atomic E-state index is 12.3. The molecular formula is C22H17N3O3. The van der Waals surface area contributed by atoms with Crippen molar-refractivity contribution in [3.8, 4) is 11.8 Å². The fourth-order valence-corrected chi connectivity index (χ4v) is 3.02. The lowest BCUT2D eigenvalue weighted by Crippen LogP contribution is -1.97. The SMILES string of the molecule is O=C(N=Nc1ccccc1)c1ccc2c(O)n(Cc3ccccc3)c(O)c2c1. The van der Waals surface area contributed by atoms with Gasteiger partial charge in [-0.1, -0.05) is 48.5 Å². The summed E-state index contributed by atoms with van der Waals surface area (Å²) in [6.07, 6.45) is 0. The summed E-state index contributed by atoms with van der Waals surface area (Å²) in [5.41, 5.74) is 1.78. The van der Waals surface area contributed by atoms with Crippen molar-refractivity contribution < 1.29 is 15.0 Å². The molecule has 138 valence electrons. The predicted octanol–water partition coefficient (Wildman–Crippen LogP) is 5.02. The first kappa shape index (κ1) is 17.5. The van der Waals surface area contributed by atoms with Crippen LogP contribution in [-0.4, -0.2) is 20.7 Å². The Bertz CT molecular complexity index is 1170. The van der Waals surface area contributed by atoms with Crippen LogP contribution in [0, 0.1) is 0 Å². The number of benzene rings is 3. The molecule has 0 saturated carbocycles. The van der Waals surface area contributed by atoms with Gasteiger partial charge in [0, 0.05) is 16.3 Å².